The molecule has 1 amide bonds. The summed E-state index contributed by atoms with van der Waals surface area (Å²) in [6, 6.07) is 6.98. The number of hydrogen-bond acceptors (Lipinski definition) is 3. The van der Waals surface area contributed by atoms with Crippen molar-refractivity contribution in [1.29, 1.82) is 0 Å². The van der Waals surface area contributed by atoms with E-state index in [0.29, 0.717) is 6.42 Å². The minimum absolute atomic E-state index is 0.257. The van der Waals surface area contributed by atoms with E-state index in [-0.39, 0.29) is 6.54 Å². The van der Waals surface area contributed by atoms with Crippen molar-refractivity contribution in [2.75, 3.05) is 6.61 Å². The molecule has 0 fully saturated rings. The average molecular weight is 237 g/mol. The summed E-state index contributed by atoms with van der Waals surface area (Å²) in [5.41, 5.74) is 1.98. The van der Waals surface area contributed by atoms with Gasteiger partial charge in [0, 0.05) is 6.54 Å². The molecule has 1 aliphatic heterocycles. The van der Waals surface area contributed by atoms with Crippen LogP contribution >= 0.6 is 0 Å². The zero-order valence-corrected chi connectivity index (χ0v) is 9.28. The molecular formula is C12H15NO4. The number of benzene rings is 1. The molecule has 5 nitrogen and oxygen atoms in total. The standard InChI is InChI=1S/C12H15NO4/c14-7-11(15)10-5-8-3-1-2-4-9(8)6-13(10)12(16)17/h1-4,10-11,14-15H,5-7H2,(H,16,17)/t10-,11-/m0/s1. The normalized spacial score (nSPS) is 20.8. The zero-order chi connectivity index (χ0) is 12.4. The van der Waals surface area contributed by atoms with E-state index in [4.69, 9.17) is 10.2 Å². The molecule has 1 aliphatic rings. The highest BCUT2D eigenvalue weighted by molar-refractivity contribution is 5.66. The van der Waals surface area contributed by atoms with E-state index in [0.717, 1.165) is 11.1 Å². The van der Waals surface area contributed by atoms with Crippen LogP contribution in [0, 0.1) is 0 Å². The summed E-state index contributed by atoms with van der Waals surface area (Å²) in [7, 11) is 0. The third-order valence-corrected chi connectivity index (χ3v) is 3.17. The summed E-state index contributed by atoms with van der Waals surface area (Å²) in [4.78, 5) is 12.3. The highest BCUT2D eigenvalue weighted by Gasteiger charge is 2.33. The molecule has 0 aliphatic carbocycles. The smallest absolute Gasteiger partial charge is 0.407 e. The molecule has 3 N–H and O–H groups in total. The van der Waals surface area contributed by atoms with Crippen molar-refractivity contribution in [3.63, 3.8) is 0 Å². The Hall–Kier alpha value is -1.59. The third-order valence-electron chi connectivity index (χ3n) is 3.17. The summed E-state index contributed by atoms with van der Waals surface area (Å²) in [5.74, 6) is 0. The van der Waals surface area contributed by atoms with Gasteiger partial charge in [0.25, 0.3) is 0 Å². The van der Waals surface area contributed by atoms with Crippen LogP contribution in [0.4, 0.5) is 4.79 Å². The summed E-state index contributed by atoms with van der Waals surface area (Å²) in [6.07, 6.45) is -1.68. The second kappa shape index (κ2) is 4.73. The molecule has 0 saturated heterocycles. The Kier molecular flexibility index (Phi) is 3.31. The van der Waals surface area contributed by atoms with E-state index in [9.17, 15) is 9.90 Å². The Morgan fingerprint density at radius 3 is 2.65 bits per heavy atom. The van der Waals surface area contributed by atoms with Gasteiger partial charge >= 0.3 is 6.09 Å². The fourth-order valence-corrected chi connectivity index (χ4v) is 2.22. The molecule has 92 valence electrons. The Morgan fingerprint density at radius 1 is 1.41 bits per heavy atom. The van der Waals surface area contributed by atoms with Crippen molar-refractivity contribution in [3.05, 3.63) is 35.4 Å². The number of carboxylic acid groups (broad SMARTS) is 1. The van der Waals surface area contributed by atoms with Gasteiger partial charge in [-0.15, -0.1) is 0 Å². The van der Waals surface area contributed by atoms with Crippen molar-refractivity contribution < 1.29 is 20.1 Å². The van der Waals surface area contributed by atoms with Gasteiger partial charge in [0.1, 0.15) is 0 Å². The van der Waals surface area contributed by atoms with Gasteiger partial charge in [-0.1, -0.05) is 24.3 Å². The molecule has 1 aromatic carbocycles. The Morgan fingerprint density at radius 2 is 2.06 bits per heavy atom. The Labute approximate surface area is 98.9 Å². The maximum atomic E-state index is 11.1. The summed E-state index contributed by atoms with van der Waals surface area (Å²) >= 11 is 0. The molecule has 1 heterocycles. The van der Waals surface area contributed by atoms with Gasteiger partial charge < -0.3 is 15.3 Å². The maximum Gasteiger partial charge on any atom is 0.407 e. The highest BCUT2D eigenvalue weighted by Crippen LogP contribution is 2.25. The lowest BCUT2D eigenvalue weighted by Gasteiger charge is -2.37. The van der Waals surface area contributed by atoms with E-state index in [1.807, 2.05) is 24.3 Å². The van der Waals surface area contributed by atoms with Gasteiger partial charge in [0.05, 0.1) is 18.8 Å². The first kappa shape index (κ1) is 11.9. The molecule has 0 radical (unpaired) electrons. The Bertz CT molecular complexity index is 421. The van der Waals surface area contributed by atoms with Crippen molar-refractivity contribution in [2.24, 2.45) is 0 Å². The van der Waals surface area contributed by atoms with Crippen molar-refractivity contribution in [2.45, 2.75) is 25.1 Å². The fourth-order valence-electron chi connectivity index (χ4n) is 2.22. The van der Waals surface area contributed by atoms with E-state index in [1.165, 1.54) is 4.90 Å². The third kappa shape index (κ3) is 2.25. The van der Waals surface area contributed by atoms with Crippen LogP contribution in [0.3, 0.4) is 0 Å². The van der Waals surface area contributed by atoms with Crippen molar-refractivity contribution in [1.82, 2.24) is 4.90 Å². The van der Waals surface area contributed by atoms with Gasteiger partial charge in [-0.3, -0.25) is 4.90 Å². The molecule has 5 heteroatoms. The number of fused-ring (bicyclic) bond motifs is 1. The molecular weight excluding hydrogens is 222 g/mol. The lowest BCUT2D eigenvalue weighted by atomic mass is 9.91. The molecule has 2 atom stereocenters. The monoisotopic (exact) mass is 237 g/mol. The minimum atomic E-state index is -1.07. The number of carbonyl (C=O) groups is 1. The quantitative estimate of drug-likeness (QED) is 0.697. The molecule has 0 aromatic heterocycles. The fraction of sp³-hybridized carbons (Fsp3) is 0.417. The topological polar surface area (TPSA) is 81.0 Å². The number of amides is 1. The van der Waals surface area contributed by atoms with E-state index >= 15 is 0 Å². The summed E-state index contributed by atoms with van der Waals surface area (Å²) in [5, 5.41) is 27.7. The van der Waals surface area contributed by atoms with Crippen LogP contribution in [0.2, 0.25) is 0 Å². The van der Waals surface area contributed by atoms with Gasteiger partial charge in [-0.05, 0) is 17.5 Å². The number of aliphatic hydroxyl groups excluding tert-OH is 2. The highest BCUT2D eigenvalue weighted by atomic mass is 16.4. The van der Waals surface area contributed by atoms with Crippen LogP contribution in [0.1, 0.15) is 11.1 Å². The van der Waals surface area contributed by atoms with Gasteiger partial charge in [-0.2, -0.15) is 0 Å². The minimum Gasteiger partial charge on any atom is -0.465 e. The maximum absolute atomic E-state index is 11.1. The second-order valence-corrected chi connectivity index (χ2v) is 4.20. The Balaban J connectivity index is 2.31. The number of nitrogens with zero attached hydrogens (tertiary/aromatic N) is 1. The lowest BCUT2D eigenvalue weighted by molar-refractivity contribution is 0.00756. The van der Waals surface area contributed by atoms with E-state index in [2.05, 4.69) is 0 Å². The molecule has 0 saturated carbocycles. The number of rotatable bonds is 2. The first-order valence-corrected chi connectivity index (χ1v) is 5.48. The van der Waals surface area contributed by atoms with Gasteiger partial charge in [-0.25, -0.2) is 4.79 Å². The molecule has 0 bridgehead atoms. The number of aliphatic hydroxyl groups is 2. The first-order chi connectivity index (χ1) is 8.13. The first-order valence-electron chi connectivity index (χ1n) is 5.48. The van der Waals surface area contributed by atoms with Crippen LogP contribution in [-0.2, 0) is 13.0 Å². The predicted octanol–water partition coefficient (Wildman–Crippen LogP) is 0.444. The second-order valence-electron chi connectivity index (χ2n) is 4.20. The SMILES string of the molecule is O=C(O)N1Cc2ccccc2C[C@H]1[C@@H](O)CO. The molecule has 2 rings (SSSR count). The van der Waals surface area contributed by atoms with Crippen LogP contribution in [0.15, 0.2) is 24.3 Å². The largest absolute Gasteiger partial charge is 0.465 e. The van der Waals surface area contributed by atoms with Crippen molar-refractivity contribution in [3.8, 4) is 0 Å². The van der Waals surface area contributed by atoms with Crippen LogP contribution in [0.5, 0.6) is 0 Å². The van der Waals surface area contributed by atoms with E-state index in [1.54, 1.807) is 0 Å². The predicted molar refractivity (Wildman–Crippen MR) is 60.6 cm³/mol. The van der Waals surface area contributed by atoms with E-state index < -0.39 is 24.8 Å². The van der Waals surface area contributed by atoms with Crippen molar-refractivity contribution >= 4 is 6.09 Å². The summed E-state index contributed by atoms with van der Waals surface area (Å²) < 4.78 is 0. The lowest BCUT2D eigenvalue weighted by Crippen LogP contribution is -2.51. The van der Waals surface area contributed by atoms with Gasteiger partial charge in [0.2, 0.25) is 0 Å². The average Bonchev–Trinajstić information content (AvgIpc) is 2.36. The van der Waals surface area contributed by atoms with Crippen LogP contribution in [0.25, 0.3) is 0 Å². The molecule has 17 heavy (non-hydrogen) atoms. The van der Waals surface area contributed by atoms with Crippen LogP contribution in [-0.4, -0.2) is 45.1 Å². The zero-order valence-electron chi connectivity index (χ0n) is 9.28. The van der Waals surface area contributed by atoms with Gasteiger partial charge in [0.15, 0.2) is 0 Å². The summed E-state index contributed by atoms with van der Waals surface area (Å²) in [6.45, 7) is -0.177. The number of hydrogen-bond donors (Lipinski definition) is 3. The van der Waals surface area contributed by atoms with Crippen LogP contribution < -0.4 is 0 Å². The molecule has 0 spiro atoms. The molecule has 1 aromatic rings. The molecule has 0 unspecified atom stereocenters.